The van der Waals surface area contributed by atoms with Gasteiger partial charge in [0.05, 0.1) is 12.1 Å². The molecule has 0 spiro atoms. The number of nitrogens with two attached hydrogens (primary N) is 1. The van der Waals surface area contributed by atoms with Crippen molar-refractivity contribution >= 4 is 6.02 Å². The molecule has 0 saturated heterocycles. The van der Waals surface area contributed by atoms with Crippen LogP contribution in [0.1, 0.15) is 50.2 Å². The Hall–Kier alpha value is -1.58. The van der Waals surface area contributed by atoms with Crippen molar-refractivity contribution < 1.29 is 9.13 Å². The van der Waals surface area contributed by atoms with Crippen LogP contribution in [0.15, 0.2) is 23.2 Å². The first kappa shape index (κ1) is 14.4. The molecular weight excluding hydrogens is 267 g/mol. The Labute approximate surface area is 125 Å². The molecule has 0 bridgehead atoms. The van der Waals surface area contributed by atoms with Crippen LogP contribution in [-0.2, 0) is 16.7 Å². The van der Waals surface area contributed by atoms with Crippen molar-refractivity contribution in [3.8, 4) is 0 Å². The van der Waals surface area contributed by atoms with Crippen LogP contribution >= 0.6 is 0 Å². The minimum Gasteiger partial charge on any atom is -0.465 e. The maximum absolute atomic E-state index is 14.3. The molecule has 21 heavy (non-hydrogen) atoms. The van der Waals surface area contributed by atoms with E-state index in [1.165, 1.54) is 31.2 Å². The number of ether oxygens (including phenoxy) is 1. The fraction of sp³-hybridized carbons (Fsp3) is 0.588. The van der Waals surface area contributed by atoms with Gasteiger partial charge in [-0.05, 0) is 30.9 Å². The number of hydrogen-bond donors (Lipinski definition) is 1. The summed E-state index contributed by atoms with van der Waals surface area (Å²) in [6, 6.07) is 5.62. The molecule has 3 rings (SSSR count). The van der Waals surface area contributed by atoms with Gasteiger partial charge in [0.15, 0.2) is 0 Å². The van der Waals surface area contributed by atoms with Crippen LogP contribution in [0, 0.1) is 11.7 Å². The van der Waals surface area contributed by atoms with E-state index in [1.54, 1.807) is 6.07 Å². The molecule has 1 aliphatic carbocycles. The Morgan fingerprint density at radius 3 is 2.86 bits per heavy atom. The molecule has 1 aromatic rings. The summed E-state index contributed by atoms with van der Waals surface area (Å²) in [5.41, 5.74) is 6.91. The molecule has 4 heteroatoms. The number of benzene rings is 1. The van der Waals surface area contributed by atoms with Gasteiger partial charge in [-0.3, -0.25) is 0 Å². The van der Waals surface area contributed by atoms with Gasteiger partial charge in [-0.2, -0.15) is 0 Å². The summed E-state index contributed by atoms with van der Waals surface area (Å²) in [4.78, 5) is 4.35. The average Bonchev–Trinajstić information content (AvgIpc) is 2.93. The van der Waals surface area contributed by atoms with Crippen molar-refractivity contribution in [1.82, 2.24) is 0 Å². The quantitative estimate of drug-likeness (QED) is 0.926. The van der Waals surface area contributed by atoms with Crippen LogP contribution in [0.5, 0.6) is 0 Å². The molecule has 0 unspecified atom stereocenters. The molecule has 3 nitrogen and oxygen atoms in total. The Morgan fingerprint density at radius 2 is 2.14 bits per heavy atom. The minimum absolute atomic E-state index is 0.157. The summed E-state index contributed by atoms with van der Waals surface area (Å²) < 4.78 is 19.5. The highest BCUT2D eigenvalue weighted by molar-refractivity contribution is 5.72. The first-order valence-electron chi connectivity index (χ1n) is 7.84. The molecule has 1 atom stereocenters. The second-order valence-electron chi connectivity index (χ2n) is 6.49. The number of rotatable bonds is 3. The zero-order valence-electron chi connectivity index (χ0n) is 12.6. The van der Waals surface area contributed by atoms with Gasteiger partial charge < -0.3 is 10.5 Å². The maximum Gasteiger partial charge on any atom is 0.282 e. The van der Waals surface area contributed by atoms with Crippen molar-refractivity contribution in [2.24, 2.45) is 16.6 Å². The lowest BCUT2D eigenvalue weighted by atomic mass is 9.86. The topological polar surface area (TPSA) is 47.6 Å². The second kappa shape index (κ2) is 5.66. The smallest absolute Gasteiger partial charge is 0.282 e. The molecule has 2 aliphatic rings. The highest BCUT2D eigenvalue weighted by Crippen LogP contribution is 2.35. The van der Waals surface area contributed by atoms with Crippen LogP contribution < -0.4 is 5.73 Å². The van der Waals surface area contributed by atoms with E-state index in [9.17, 15) is 4.39 Å². The summed E-state index contributed by atoms with van der Waals surface area (Å²) in [5, 5.41) is 0. The van der Waals surface area contributed by atoms with Crippen LogP contribution in [0.4, 0.5) is 4.39 Å². The molecule has 1 heterocycles. The number of amidine groups is 1. The third kappa shape index (κ3) is 3.04. The molecule has 114 valence electrons. The van der Waals surface area contributed by atoms with Crippen molar-refractivity contribution in [1.29, 1.82) is 0 Å². The number of hydrogen-bond acceptors (Lipinski definition) is 3. The van der Waals surface area contributed by atoms with E-state index in [0.29, 0.717) is 18.6 Å². The summed E-state index contributed by atoms with van der Waals surface area (Å²) in [6.07, 6.45) is 6.94. The zero-order chi connectivity index (χ0) is 14.9. The first-order chi connectivity index (χ1) is 10.1. The molecular formula is C17H23FN2O. The Kier molecular flexibility index (Phi) is 3.87. The average molecular weight is 290 g/mol. The summed E-state index contributed by atoms with van der Waals surface area (Å²) in [7, 11) is 0. The van der Waals surface area contributed by atoms with Gasteiger partial charge in [-0.15, -0.1) is 0 Å². The lowest BCUT2D eigenvalue weighted by Gasteiger charge is -2.30. The third-order valence-corrected chi connectivity index (χ3v) is 4.81. The SMILES string of the molecule is C[C@@]1(c2cc(CC3CCCC3)ccc2F)CCOC(N)=N1. The van der Waals surface area contributed by atoms with Crippen molar-refractivity contribution in [2.45, 2.75) is 51.0 Å². The van der Waals surface area contributed by atoms with Gasteiger partial charge in [-0.1, -0.05) is 37.8 Å². The van der Waals surface area contributed by atoms with E-state index >= 15 is 0 Å². The van der Waals surface area contributed by atoms with Crippen LogP contribution in [0.3, 0.4) is 0 Å². The second-order valence-corrected chi connectivity index (χ2v) is 6.49. The van der Waals surface area contributed by atoms with Gasteiger partial charge in [-0.25, -0.2) is 9.38 Å². The fourth-order valence-electron chi connectivity index (χ4n) is 3.54. The van der Waals surface area contributed by atoms with Crippen molar-refractivity contribution in [2.75, 3.05) is 6.61 Å². The highest BCUT2D eigenvalue weighted by atomic mass is 19.1. The fourth-order valence-corrected chi connectivity index (χ4v) is 3.54. The predicted molar refractivity (Wildman–Crippen MR) is 81.6 cm³/mol. The van der Waals surface area contributed by atoms with E-state index in [0.717, 1.165) is 12.3 Å². The van der Waals surface area contributed by atoms with Crippen LogP contribution in [0.25, 0.3) is 0 Å². The summed E-state index contributed by atoms with van der Waals surface area (Å²) in [6.45, 7) is 2.41. The lowest BCUT2D eigenvalue weighted by molar-refractivity contribution is 0.215. The van der Waals surface area contributed by atoms with Gasteiger partial charge >= 0.3 is 0 Å². The summed E-state index contributed by atoms with van der Waals surface area (Å²) >= 11 is 0. The number of nitrogens with zero attached hydrogens (tertiary/aromatic N) is 1. The van der Waals surface area contributed by atoms with Gasteiger partial charge in [0.1, 0.15) is 5.82 Å². The third-order valence-electron chi connectivity index (χ3n) is 4.81. The largest absolute Gasteiger partial charge is 0.465 e. The molecule has 1 fully saturated rings. The molecule has 0 aromatic heterocycles. The maximum atomic E-state index is 14.3. The van der Waals surface area contributed by atoms with Gasteiger partial charge in [0.2, 0.25) is 0 Å². The molecule has 1 aromatic carbocycles. The standard InChI is InChI=1S/C17H23FN2O/c1-17(8-9-21-16(19)20-17)14-11-13(6-7-15(14)18)10-12-4-2-3-5-12/h6-7,11-12H,2-5,8-10H2,1H3,(H2,19,20)/t17-/m0/s1. The van der Waals surface area contributed by atoms with Crippen LogP contribution in [0.2, 0.25) is 0 Å². The highest BCUT2D eigenvalue weighted by Gasteiger charge is 2.33. The molecule has 1 saturated carbocycles. The van der Waals surface area contributed by atoms with E-state index in [4.69, 9.17) is 10.5 Å². The van der Waals surface area contributed by atoms with E-state index in [-0.39, 0.29) is 11.8 Å². The number of halogens is 1. The van der Waals surface area contributed by atoms with Crippen LogP contribution in [-0.4, -0.2) is 12.6 Å². The van der Waals surface area contributed by atoms with Gasteiger partial charge in [0, 0.05) is 12.0 Å². The van der Waals surface area contributed by atoms with E-state index in [2.05, 4.69) is 4.99 Å². The summed E-state index contributed by atoms with van der Waals surface area (Å²) in [5.74, 6) is 0.547. The van der Waals surface area contributed by atoms with Crippen molar-refractivity contribution in [3.63, 3.8) is 0 Å². The van der Waals surface area contributed by atoms with Gasteiger partial charge in [0.25, 0.3) is 6.02 Å². The lowest BCUT2D eigenvalue weighted by Crippen LogP contribution is -2.34. The van der Waals surface area contributed by atoms with E-state index in [1.807, 2.05) is 19.1 Å². The molecule has 0 radical (unpaired) electrons. The molecule has 0 amide bonds. The number of aliphatic imine (C=N–C) groups is 1. The van der Waals surface area contributed by atoms with E-state index < -0.39 is 5.54 Å². The monoisotopic (exact) mass is 290 g/mol. The predicted octanol–water partition coefficient (Wildman–Crippen LogP) is 3.51. The molecule has 2 N–H and O–H groups in total. The Balaban J connectivity index is 1.88. The van der Waals surface area contributed by atoms with Crippen molar-refractivity contribution in [3.05, 3.63) is 35.1 Å². The Bertz CT molecular complexity index is 552. The zero-order valence-corrected chi connectivity index (χ0v) is 12.6. The minimum atomic E-state index is -0.613. The normalized spacial score (nSPS) is 26.5. The molecule has 1 aliphatic heterocycles. The Morgan fingerprint density at radius 1 is 1.38 bits per heavy atom. The first-order valence-corrected chi connectivity index (χ1v) is 7.84.